The van der Waals surface area contributed by atoms with Crippen LogP contribution < -0.4 is 11.1 Å². The number of aryl methyl sites for hydroxylation is 1. The molecule has 0 aliphatic heterocycles. The van der Waals surface area contributed by atoms with Crippen molar-refractivity contribution in [3.8, 4) is 0 Å². The average Bonchev–Trinajstić information content (AvgIpc) is 2.43. The van der Waals surface area contributed by atoms with E-state index in [0.717, 1.165) is 24.9 Å². The molecular weight excluding hydrogens is 240 g/mol. The number of rotatable bonds is 8. The van der Waals surface area contributed by atoms with Crippen LogP contribution in [0.15, 0.2) is 24.3 Å². The molecule has 0 heterocycles. The second kappa shape index (κ2) is 8.67. The molecule has 1 amide bonds. The normalized spacial score (nSPS) is 12.2. The predicted molar refractivity (Wildman–Crippen MR) is 78.2 cm³/mol. The van der Waals surface area contributed by atoms with Gasteiger partial charge < -0.3 is 15.8 Å². The first-order valence-corrected chi connectivity index (χ1v) is 6.77. The van der Waals surface area contributed by atoms with E-state index in [1.165, 1.54) is 5.56 Å². The van der Waals surface area contributed by atoms with E-state index in [1.807, 2.05) is 25.1 Å². The molecular formula is C15H24N2O2. The number of carbonyl (C=O) groups is 1. The molecule has 1 atom stereocenters. The van der Waals surface area contributed by atoms with Crippen molar-refractivity contribution in [3.63, 3.8) is 0 Å². The molecule has 4 nitrogen and oxygen atoms in total. The quantitative estimate of drug-likeness (QED) is 0.757. The van der Waals surface area contributed by atoms with Crippen molar-refractivity contribution >= 4 is 11.6 Å². The van der Waals surface area contributed by atoms with E-state index in [0.29, 0.717) is 13.0 Å². The van der Waals surface area contributed by atoms with Crippen LogP contribution in [0.1, 0.15) is 31.7 Å². The minimum atomic E-state index is 0.0277. The number of nitrogens with one attached hydrogen (secondary N) is 1. The molecule has 0 saturated heterocycles. The lowest BCUT2D eigenvalue weighted by Gasteiger charge is -2.10. The zero-order valence-electron chi connectivity index (χ0n) is 11.8. The molecule has 0 fully saturated rings. The Morgan fingerprint density at radius 1 is 1.47 bits per heavy atom. The molecule has 0 aliphatic carbocycles. The number of hydrogen-bond donors (Lipinski definition) is 2. The summed E-state index contributed by atoms with van der Waals surface area (Å²) in [7, 11) is 1.66. The molecule has 4 heteroatoms. The fourth-order valence-corrected chi connectivity index (χ4v) is 1.79. The first-order valence-electron chi connectivity index (χ1n) is 6.77. The van der Waals surface area contributed by atoms with Crippen molar-refractivity contribution in [3.05, 3.63) is 29.8 Å². The predicted octanol–water partition coefficient (Wildman–Crippen LogP) is 2.33. The highest BCUT2D eigenvalue weighted by Crippen LogP contribution is 2.13. The van der Waals surface area contributed by atoms with Gasteiger partial charge in [0.15, 0.2) is 0 Å². The lowest BCUT2D eigenvalue weighted by Crippen LogP contribution is -2.15. The van der Waals surface area contributed by atoms with Gasteiger partial charge in [-0.15, -0.1) is 0 Å². The molecule has 0 aromatic heterocycles. The Bertz CT molecular complexity index is 393. The Morgan fingerprint density at radius 2 is 2.26 bits per heavy atom. The molecule has 106 valence electrons. The van der Waals surface area contributed by atoms with E-state index < -0.39 is 0 Å². The summed E-state index contributed by atoms with van der Waals surface area (Å²) in [6.45, 7) is 2.65. The lowest BCUT2D eigenvalue weighted by atomic mass is 10.1. The number of methoxy groups -OCH3 is 1. The van der Waals surface area contributed by atoms with Gasteiger partial charge in [0.25, 0.3) is 0 Å². The topological polar surface area (TPSA) is 64.3 Å². The summed E-state index contributed by atoms with van der Waals surface area (Å²) in [6.07, 6.45) is 3.22. The van der Waals surface area contributed by atoms with E-state index in [4.69, 9.17) is 10.5 Å². The van der Waals surface area contributed by atoms with Crippen LogP contribution >= 0.6 is 0 Å². The standard InChI is InChI=1S/C15H24N2O2/c1-12(19-2)8-9-15(18)17-14-7-3-5-13(11-14)6-4-10-16/h3,5,7,11-12H,4,6,8-10,16H2,1-2H3,(H,17,18). The van der Waals surface area contributed by atoms with Crippen LogP contribution in [0.2, 0.25) is 0 Å². The number of nitrogens with two attached hydrogens (primary N) is 1. The zero-order chi connectivity index (χ0) is 14.1. The second-order valence-corrected chi connectivity index (χ2v) is 4.73. The molecule has 1 aromatic rings. The Morgan fingerprint density at radius 3 is 2.95 bits per heavy atom. The van der Waals surface area contributed by atoms with E-state index in [1.54, 1.807) is 7.11 Å². The number of carbonyl (C=O) groups excluding carboxylic acids is 1. The summed E-state index contributed by atoms with van der Waals surface area (Å²) >= 11 is 0. The number of benzene rings is 1. The van der Waals surface area contributed by atoms with Gasteiger partial charge in [-0.05, 0) is 50.4 Å². The largest absolute Gasteiger partial charge is 0.382 e. The van der Waals surface area contributed by atoms with Crippen LogP contribution in [0.4, 0.5) is 5.69 Å². The maximum atomic E-state index is 11.8. The third-order valence-electron chi connectivity index (χ3n) is 3.06. The monoisotopic (exact) mass is 264 g/mol. The fourth-order valence-electron chi connectivity index (χ4n) is 1.79. The third-order valence-corrected chi connectivity index (χ3v) is 3.06. The minimum Gasteiger partial charge on any atom is -0.382 e. The van der Waals surface area contributed by atoms with E-state index >= 15 is 0 Å². The zero-order valence-corrected chi connectivity index (χ0v) is 11.8. The highest BCUT2D eigenvalue weighted by atomic mass is 16.5. The number of amides is 1. The van der Waals surface area contributed by atoms with Gasteiger partial charge in [0, 0.05) is 19.2 Å². The van der Waals surface area contributed by atoms with Crippen LogP contribution in [0.25, 0.3) is 0 Å². The molecule has 0 bridgehead atoms. The molecule has 3 N–H and O–H groups in total. The smallest absolute Gasteiger partial charge is 0.224 e. The number of anilines is 1. The van der Waals surface area contributed by atoms with Crippen molar-refractivity contribution < 1.29 is 9.53 Å². The van der Waals surface area contributed by atoms with E-state index in [-0.39, 0.29) is 12.0 Å². The maximum Gasteiger partial charge on any atom is 0.224 e. The van der Waals surface area contributed by atoms with Crippen molar-refractivity contribution in [2.75, 3.05) is 19.0 Å². The molecule has 19 heavy (non-hydrogen) atoms. The second-order valence-electron chi connectivity index (χ2n) is 4.73. The Balaban J connectivity index is 2.45. The SMILES string of the molecule is COC(C)CCC(=O)Nc1cccc(CCCN)c1. The van der Waals surface area contributed by atoms with E-state index in [9.17, 15) is 4.79 Å². The van der Waals surface area contributed by atoms with Crippen molar-refractivity contribution in [2.24, 2.45) is 5.73 Å². The Kier molecular flexibility index (Phi) is 7.15. The van der Waals surface area contributed by atoms with Crippen molar-refractivity contribution in [1.82, 2.24) is 0 Å². The number of hydrogen-bond acceptors (Lipinski definition) is 3. The summed E-state index contributed by atoms with van der Waals surface area (Å²) in [4.78, 5) is 11.8. The van der Waals surface area contributed by atoms with Gasteiger partial charge in [0.1, 0.15) is 0 Å². The molecule has 0 spiro atoms. The summed E-state index contributed by atoms with van der Waals surface area (Å²) < 4.78 is 5.12. The number of ether oxygens (including phenoxy) is 1. The molecule has 0 saturated carbocycles. The van der Waals surface area contributed by atoms with Crippen LogP contribution in [0.3, 0.4) is 0 Å². The van der Waals surface area contributed by atoms with Gasteiger partial charge in [-0.2, -0.15) is 0 Å². The maximum absolute atomic E-state index is 11.8. The van der Waals surface area contributed by atoms with Gasteiger partial charge in [0.05, 0.1) is 6.10 Å². The van der Waals surface area contributed by atoms with Gasteiger partial charge in [-0.1, -0.05) is 12.1 Å². The minimum absolute atomic E-state index is 0.0277. The third kappa shape index (κ3) is 6.36. The summed E-state index contributed by atoms with van der Waals surface area (Å²) in [5.74, 6) is 0.0277. The summed E-state index contributed by atoms with van der Waals surface area (Å²) in [5.41, 5.74) is 7.55. The van der Waals surface area contributed by atoms with Crippen LogP contribution in [0.5, 0.6) is 0 Å². The van der Waals surface area contributed by atoms with Gasteiger partial charge in [-0.25, -0.2) is 0 Å². The lowest BCUT2D eigenvalue weighted by molar-refractivity contribution is -0.116. The van der Waals surface area contributed by atoms with Gasteiger partial charge in [-0.3, -0.25) is 4.79 Å². The highest BCUT2D eigenvalue weighted by Gasteiger charge is 2.06. The first kappa shape index (κ1) is 15.7. The van der Waals surface area contributed by atoms with Crippen molar-refractivity contribution in [2.45, 2.75) is 38.7 Å². The van der Waals surface area contributed by atoms with E-state index in [2.05, 4.69) is 11.4 Å². The fraction of sp³-hybridized carbons (Fsp3) is 0.533. The molecule has 0 aliphatic rings. The highest BCUT2D eigenvalue weighted by molar-refractivity contribution is 5.90. The average molecular weight is 264 g/mol. The molecule has 1 rings (SSSR count). The van der Waals surface area contributed by atoms with Crippen LogP contribution in [-0.4, -0.2) is 25.7 Å². The Labute approximate surface area is 115 Å². The van der Waals surface area contributed by atoms with Crippen LogP contribution in [-0.2, 0) is 16.0 Å². The Hall–Kier alpha value is -1.39. The first-order chi connectivity index (χ1) is 9.15. The molecule has 1 unspecified atom stereocenters. The molecule has 0 radical (unpaired) electrons. The van der Waals surface area contributed by atoms with Gasteiger partial charge in [0.2, 0.25) is 5.91 Å². The summed E-state index contributed by atoms with van der Waals surface area (Å²) in [6, 6.07) is 7.93. The summed E-state index contributed by atoms with van der Waals surface area (Å²) in [5, 5.41) is 2.91. The van der Waals surface area contributed by atoms with Crippen molar-refractivity contribution in [1.29, 1.82) is 0 Å². The van der Waals surface area contributed by atoms with Gasteiger partial charge >= 0.3 is 0 Å². The van der Waals surface area contributed by atoms with Crippen LogP contribution in [0, 0.1) is 0 Å². The molecule has 1 aromatic carbocycles.